The quantitative estimate of drug-likeness (QED) is 0.602. The van der Waals surface area contributed by atoms with Crippen LogP contribution in [0.4, 0.5) is 0 Å². The molecule has 6 nitrogen and oxygen atoms in total. The Hall–Kier alpha value is -1.59. The summed E-state index contributed by atoms with van der Waals surface area (Å²) in [6.07, 6.45) is -0.895. The second-order valence-electron chi connectivity index (χ2n) is 2.83. The SMILES string of the molecule is CC(=O)N[C@H](C(=O)O)[C@@H](C)OC(C)=O. The Bertz CT molecular complexity index is 250. The van der Waals surface area contributed by atoms with Crippen molar-refractivity contribution in [2.24, 2.45) is 0 Å². The highest BCUT2D eigenvalue weighted by Gasteiger charge is 2.27. The lowest BCUT2D eigenvalue weighted by atomic mass is 10.2. The van der Waals surface area contributed by atoms with E-state index in [1.54, 1.807) is 0 Å². The van der Waals surface area contributed by atoms with Crippen molar-refractivity contribution in [3.8, 4) is 0 Å². The number of carboxylic acid groups (broad SMARTS) is 1. The van der Waals surface area contributed by atoms with E-state index in [9.17, 15) is 14.4 Å². The molecule has 0 heterocycles. The molecule has 0 aromatic rings. The van der Waals surface area contributed by atoms with Gasteiger partial charge in [0.25, 0.3) is 0 Å². The zero-order valence-corrected chi connectivity index (χ0v) is 8.23. The lowest BCUT2D eigenvalue weighted by Gasteiger charge is -2.20. The van der Waals surface area contributed by atoms with Crippen LogP contribution in [-0.2, 0) is 19.1 Å². The van der Waals surface area contributed by atoms with E-state index in [-0.39, 0.29) is 0 Å². The Labute approximate surface area is 81.2 Å². The minimum atomic E-state index is -1.24. The normalized spacial score (nSPS) is 13.9. The summed E-state index contributed by atoms with van der Waals surface area (Å²) in [5, 5.41) is 10.9. The van der Waals surface area contributed by atoms with Crippen LogP contribution in [0.25, 0.3) is 0 Å². The molecular formula is C8H13NO5. The van der Waals surface area contributed by atoms with Crippen LogP contribution in [0.5, 0.6) is 0 Å². The lowest BCUT2D eigenvalue weighted by Crippen LogP contribution is -2.48. The molecule has 0 aliphatic heterocycles. The molecule has 0 rings (SSSR count). The van der Waals surface area contributed by atoms with E-state index in [2.05, 4.69) is 10.1 Å². The molecule has 0 bridgehead atoms. The monoisotopic (exact) mass is 203 g/mol. The largest absolute Gasteiger partial charge is 0.480 e. The summed E-state index contributed by atoms with van der Waals surface area (Å²) >= 11 is 0. The molecule has 0 radical (unpaired) electrons. The highest BCUT2D eigenvalue weighted by molar-refractivity contribution is 5.82. The molecule has 6 heteroatoms. The number of carbonyl (C=O) groups is 3. The molecule has 0 aromatic heterocycles. The number of amides is 1. The fourth-order valence-electron chi connectivity index (χ4n) is 0.929. The molecule has 1 amide bonds. The Balaban J connectivity index is 4.40. The molecule has 80 valence electrons. The Morgan fingerprint density at radius 2 is 1.79 bits per heavy atom. The van der Waals surface area contributed by atoms with Crippen LogP contribution >= 0.6 is 0 Å². The average molecular weight is 203 g/mol. The van der Waals surface area contributed by atoms with Crippen LogP contribution in [0, 0.1) is 0 Å². The van der Waals surface area contributed by atoms with Crippen molar-refractivity contribution in [3.63, 3.8) is 0 Å². The van der Waals surface area contributed by atoms with Gasteiger partial charge < -0.3 is 15.2 Å². The summed E-state index contributed by atoms with van der Waals surface area (Å²) in [5.41, 5.74) is 0. The van der Waals surface area contributed by atoms with Crippen molar-refractivity contribution in [2.75, 3.05) is 0 Å². The number of hydrogen-bond donors (Lipinski definition) is 2. The molecule has 2 N–H and O–H groups in total. The fraction of sp³-hybridized carbons (Fsp3) is 0.625. The first-order valence-corrected chi connectivity index (χ1v) is 4.01. The first-order chi connectivity index (χ1) is 6.34. The van der Waals surface area contributed by atoms with E-state index in [0.29, 0.717) is 0 Å². The molecule has 0 unspecified atom stereocenters. The minimum Gasteiger partial charge on any atom is -0.480 e. The van der Waals surface area contributed by atoms with E-state index in [1.807, 2.05) is 0 Å². The number of carbonyl (C=O) groups excluding carboxylic acids is 2. The Morgan fingerprint density at radius 3 is 2.07 bits per heavy atom. The van der Waals surface area contributed by atoms with Crippen LogP contribution in [0.15, 0.2) is 0 Å². The van der Waals surface area contributed by atoms with Gasteiger partial charge in [-0.2, -0.15) is 0 Å². The van der Waals surface area contributed by atoms with Gasteiger partial charge in [0.1, 0.15) is 6.10 Å². The number of hydrogen-bond acceptors (Lipinski definition) is 4. The molecule has 0 fully saturated rings. The van der Waals surface area contributed by atoms with E-state index in [0.717, 1.165) is 0 Å². The highest BCUT2D eigenvalue weighted by Crippen LogP contribution is 2.00. The summed E-state index contributed by atoms with van der Waals surface area (Å²) in [4.78, 5) is 31.8. The number of nitrogens with one attached hydrogen (secondary N) is 1. The van der Waals surface area contributed by atoms with E-state index in [4.69, 9.17) is 5.11 Å². The summed E-state index contributed by atoms with van der Waals surface area (Å²) in [6, 6.07) is -1.21. The van der Waals surface area contributed by atoms with Crippen LogP contribution in [0.3, 0.4) is 0 Å². The highest BCUT2D eigenvalue weighted by atomic mass is 16.5. The predicted octanol–water partition coefficient (Wildman–Crippen LogP) is -0.473. The van der Waals surface area contributed by atoms with Gasteiger partial charge in [0.15, 0.2) is 6.04 Å². The zero-order valence-electron chi connectivity index (χ0n) is 8.23. The standard InChI is InChI=1S/C8H13NO5/c1-4(14-6(3)11)7(8(12)13)9-5(2)10/h4,7H,1-3H3,(H,9,10)(H,12,13)/t4-,7+/m1/s1. The summed E-state index contributed by atoms with van der Waals surface area (Å²) in [5.74, 6) is -2.32. The van der Waals surface area contributed by atoms with Gasteiger partial charge >= 0.3 is 11.9 Å². The predicted molar refractivity (Wildman–Crippen MR) is 46.5 cm³/mol. The van der Waals surface area contributed by atoms with Gasteiger partial charge in [0.2, 0.25) is 5.91 Å². The maximum absolute atomic E-state index is 10.7. The number of carboxylic acids is 1. The van der Waals surface area contributed by atoms with Crippen molar-refractivity contribution in [1.82, 2.24) is 5.32 Å². The maximum atomic E-state index is 10.7. The van der Waals surface area contributed by atoms with Crippen molar-refractivity contribution >= 4 is 17.8 Å². The molecule has 0 spiro atoms. The molecular weight excluding hydrogens is 190 g/mol. The summed E-state index contributed by atoms with van der Waals surface area (Å²) < 4.78 is 4.64. The van der Waals surface area contributed by atoms with Crippen molar-refractivity contribution in [3.05, 3.63) is 0 Å². The lowest BCUT2D eigenvalue weighted by molar-refractivity contribution is -0.154. The third-order valence-electron chi connectivity index (χ3n) is 1.45. The molecule has 0 saturated heterocycles. The molecule has 0 saturated carbocycles. The van der Waals surface area contributed by atoms with E-state index in [1.165, 1.54) is 20.8 Å². The van der Waals surface area contributed by atoms with Crippen molar-refractivity contribution in [2.45, 2.75) is 32.9 Å². The van der Waals surface area contributed by atoms with E-state index >= 15 is 0 Å². The molecule has 0 aliphatic carbocycles. The van der Waals surface area contributed by atoms with E-state index < -0.39 is 30.0 Å². The van der Waals surface area contributed by atoms with Crippen molar-refractivity contribution in [1.29, 1.82) is 0 Å². The summed E-state index contributed by atoms with van der Waals surface area (Å²) in [6.45, 7) is 3.76. The topological polar surface area (TPSA) is 92.7 Å². The first-order valence-electron chi connectivity index (χ1n) is 4.01. The maximum Gasteiger partial charge on any atom is 0.330 e. The third kappa shape index (κ3) is 4.44. The number of aliphatic carboxylic acids is 1. The van der Waals surface area contributed by atoms with Gasteiger partial charge in [-0.3, -0.25) is 9.59 Å². The Kier molecular flexibility index (Phi) is 4.62. The molecule has 0 aromatic carbocycles. The number of rotatable bonds is 4. The number of ether oxygens (including phenoxy) is 1. The van der Waals surface area contributed by atoms with Crippen LogP contribution in [0.1, 0.15) is 20.8 Å². The van der Waals surface area contributed by atoms with Gasteiger partial charge in [-0.15, -0.1) is 0 Å². The Morgan fingerprint density at radius 1 is 1.29 bits per heavy atom. The second kappa shape index (κ2) is 5.21. The van der Waals surface area contributed by atoms with Crippen LogP contribution < -0.4 is 5.32 Å². The smallest absolute Gasteiger partial charge is 0.330 e. The fourth-order valence-corrected chi connectivity index (χ4v) is 0.929. The van der Waals surface area contributed by atoms with Crippen molar-refractivity contribution < 1.29 is 24.2 Å². The molecule has 14 heavy (non-hydrogen) atoms. The number of esters is 1. The van der Waals surface area contributed by atoms with Gasteiger partial charge in [0.05, 0.1) is 0 Å². The first kappa shape index (κ1) is 12.4. The molecule has 0 aliphatic rings. The van der Waals surface area contributed by atoms with Gasteiger partial charge in [-0.25, -0.2) is 4.79 Å². The van der Waals surface area contributed by atoms with Gasteiger partial charge in [0, 0.05) is 13.8 Å². The van der Waals surface area contributed by atoms with Gasteiger partial charge in [-0.1, -0.05) is 0 Å². The van der Waals surface area contributed by atoms with Gasteiger partial charge in [-0.05, 0) is 6.92 Å². The molecule has 2 atom stereocenters. The van der Waals surface area contributed by atoms with Crippen LogP contribution in [0.2, 0.25) is 0 Å². The summed E-state index contributed by atoms with van der Waals surface area (Å²) in [7, 11) is 0. The second-order valence-corrected chi connectivity index (χ2v) is 2.83. The zero-order chi connectivity index (χ0) is 11.3. The van der Waals surface area contributed by atoms with Crippen LogP contribution in [-0.4, -0.2) is 35.1 Å². The average Bonchev–Trinajstić information content (AvgIpc) is 1.97. The minimum absolute atomic E-state index is 0.489. The third-order valence-corrected chi connectivity index (χ3v) is 1.45.